The van der Waals surface area contributed by atoms with Crippen LogP contribution in [0, 0.1) is 10.1 Å². The lowest BCUT2D eigenvalue weighted by Gasteiger charge is -2.13. The maximum absolute atomic E-state index is 11.6. The molecular weight excluding hydrogens is 296 g/mol. The highest BCUT2D eigenvalue weighted by Crippen LogP contribution is 2.15. The SMILES string of the molecule is COCC(CBr)NC(=O)c1ccc([N+](=O)[O-])o1. The number of halogens is 1. The molecule has 1 aromatic heterocycles. The van der Waals surface area contributed by atoms with Crippen molar-refractivity contribution in [2.75, 3.05) is 19.0 Å². The van der Waals surface area contributed by atoms with Crippen LogP contribution in [-0.2, 0) is 4.74 Å². The summed E-state index contributed by atoms with van der Waals surface area (Å²) in [6.45, 7) is 0.333. The first-order chi connectivity index (χ1) is 8.08. The van der Waals surface area contributed by atoms with E-state index in [9.17, 15) is 14.9 Å². The Morgan fingerprint density at radius 1 is 1.71 bits per heavy atom. The van der Waals surface area contributed by atoms with E-state index >= 15 is 0 Å². The average molecular weight is 307 g/mol. The van der Waals surface area contributed by atoms with Crippen LogP contribution in [0.4, 0.5) is 5.88 Å². The van der Waals surface area contributed by atoms with Crippen LogP contribution in [0.1, 0.15) is 10.6 Å². The van der Waals surface area contributed by atoms with Gasteiger partial charge in [-0.25, -0.2) is 0 Å². The smallest absolute Gasteiger partial charge is 0.395 e. The molecule has 17 heavy (non-hydrogen) atoms. The van der Waals surface area contributed by atoms with Crippen molar-refractivity contribution in [3.05, 3.63) is 28.0 Å². The first-order valence-corrected chi connectivity index (χ1v) is 5.80. The zero-order valence-corrected chi connectivity index (χ0v) is 10.6. The van der Waals surface area contributed by atoms with Gasteiger partial charge in [-0.3, -0.25) is 14.9 Å². The number of carbonyl (C=O) groups excluding carboxylic acids is 1. The second-order valence-corrected chi connectivity index (χ2v) is 3.82. The molecule has 1 aromatic rings. The molecule has 0 radical (unpaired) electrons. The lowest BCUT2D eigenvalue weighted by Crippen LogP contribution is -2.39. The summed E-state index contributed by atoms with van der Waals surface area (Å²) in [5, 5.41) is 13.5. The number of amides is 1. The molecule has 1 N–H and O–H groups in total. The Balaban J connectivity index is 2.65. The van der Waals surface area contributed by atoms with E-state index in [0.717, 1.165) is 6.07 Å². The maximum atomic E-state index is 11.6. The lowest BCUT2D eigenvalue weighted by atomic mass is 10.3. The molecule has 0 spiro atoms. The topological polar surface area (TPSA) is 94.6 Å². The third kappa shape index (κ3) is 3.82. The maximum Gasteiger partial charge on any atom is 0.433 e. The fourth-order valence-electron chi connectivity index (χ4n) is 1.13. The van der Waals surface area contributed by atoms with Gasteiger partial charge < -0.3 is 14.5 Å². The van der Waals surface area contributed by atoms with Gasteiger partial charge in [0.1, 0.15) is 4.92 Å². The van der Waals surface area contributed by atoms with Crippen molar-refractivity contribution in [2.24, 2.45) is 0 Å². The predicted molar refractivity (Wildman–Crippen MR) is 62.3 cm³/mol. The van der Waals surface area contributed by atoms with E-state index in [1.165, 1.54) is 13.2 Å². The van der Waals surface area contributed by atoms with Crippen LogP contribution in [0.3, 0.4) is 0 Å². The summed E-state index contributed by atoms with van der Waals surface area (Å²) in [5.41, 5.74) is 0. The summed E-state index contributed by atoms with van der Waals surface area (Å²) in [6, 6.07) is 2.16. The number of furan rings is 1. The zero-order valence-electron chi connectivity index (χ0n) is 9.01. The number of alkyl halides is 1. The average Bonchev–Trinajstić information content (AvgIpc) is 2.77. The molecule has 0 aliphatic carbocycles. The first kappa shape index (κ1) is 13.7. The van der Waals surface area contributed by atoms with E-state index in [4.69, 9.17) is 9.15 Å². The van der Waals surface area contributed by atoms with Crippen LogP contribution >= 0.6 is 15.9 Å². The molecule has 0 aromatic carbocycles. The minimum atomic E-state index is -0.700. The molecule has 1 amide bonds. The molecule has 1 heterocycles. The van der Waals surface area contributed by atoms with Gasteiger partial charge in [-0.1, -0.05) is 15.9 Å². The molecule has 0 saturated carbocycles. The van der Waals surface area contributed by atoms with Gasteiger partial charge in [0.25, 0.3) is 5.91 Å². The van der Waals surface area contributed by atoms with Crippen molar-refractivity contribution in [3.8, 4) is 0 Å². The molecule has 0 saturated heterocycles. The van der Waals surface area contributed by atoms with Crippen LogP contribution in [-0.4, -0.2) is 35.9 Å². The summed E-state index contributed by atoms with van der Waals surface area (Å²) >= 11 is 3.21. The number of carbonyl (C=O) groups is 1. The number of ether oxygens (including phenoxy) is 1. The van der Waals surface area contributed by atoms with Gasteiger partial charge in [-0.05, 0) is 6.07 Å². The van der Waals surface area contributed by atoms with Crippen molar-refractivity contribution >= 4 is 27.7 Å². The molecule has 94 valence electrons. The summed E-state index contributed by atoms with van der Waals surface area (Å²) < 4.78 is 9.65. The molecule has 1 unspecified atom stereocenters. The van der Waals surface area contributed by atoms with Crippen LogP contribution in [0.25, 0.3) is 0 Å². The number of nitrogens with one attached hydrogen (secondary N) is 1. The Kier molecular flexibility index (Phi) is 5.11. The second-order valence-electron chi connectivity index (χ2n) is 3.18. The summed E-state index contributed by atoms with van der Waals surface area (Å²) in [7, 11) is 1.51. The van der Waals surface area contributed by atoms with Crippen LogP contribution in [0.2, 0.25) is 0 Å². The number of rotatable bonds is 6. The number of methoxy groups -OCH3 is 1. The highest BCUT2D eigenvalue weighted by atomic mass is 79.9. The van der Waals surface area contributed by atoms with Gasteiger partial charge in [0, 0.05) is 12.4 Å². The zero-order chi connectivity index (χ0) is 12.8. The highest BCUT2D eigenvalue weighted by Gasteiger charge is 2.19. The van der Waals surface area contributed by atoms with E-state index in [0.29, 0.717) is 11.9 Å². The van der Waals surface area contributed by atoms with Crippen LogP contribution in [0.5, 0.6) is 0 Å². The fourth-order valence-corrected chi connectivity index (χ4v) is 1.48. The standard InChI is InChI=1S/C9H11BrN2O5/c1-16-5-6(4-10)11-9(13)7-2-3-8(17-7)12(14)15/h2-3,6H,4-5H2,1H3,(H,11,13). The lowest BCUT2D eigenvalue weighted by molar-refractivity contribution is -0.402. The summed E-state index contributed by atoms with van der Waals surface area (Å²) in [4.78, 5) is 21.3. The van der Waals surface area contributed by atoms with Crippen molar-refractivity contribution in [2.45, 2.75) is 6.04 Å². The Morgan fingerprint density at radius 3 is 2.88 bits per heavy atom. The van der Waals surface area contributed by atoms with Crippen molar-refractivity contribution in [1.82, 2.24) is 5.32 Å². The third-order valence-corrected chi connectivity index (χ3v) is 2.67. The van der Waals surface area contributed by atoms with Crippen molar-refractivity contribution < 1.29 is 18.9 Å². The molecule has 0 bridgehead atoms. The van der Waals surface area contributed by atoms with Gasteiger partial charge >= 0.3 is 5.88 Å². The number of nitro groups is 1. The van der Waals surface area contributed by atoms with Gasteiger partial charge in [0.15, 0.2) is 5.76 Å². The fraction of sp³-hybridized carbons (Fsp3) is 0.444. The molecule has 1 atom stereocenters. The number of hydrogen-bond acceptors (Lipinski definition) is 5. The highest BCUT2D eigenvalue weighted by molar-refractivity contribution is 9.09. The molecular formula is C9H11BrN2O5. The normalized spacial score (nSPS) is 12.1. The first-order valence-electron chi connectivity index (χ1n) is 4.68. The van der Waals surface area contributed by atoms with E-state index < -0.39 is 16.7 Å². The van der Waals surface area contributed by atoms with E-state index in [1.807, 2.05) is 0 Å². The second kappa shape index (κ2) is 6.36. The van der Waals surface area contributed by atoms with E-state index in [-0.39, 0.29) is 11.8 Å². The number of hydrogen-bond donors (Lipinski definition) is 1. The molecule has 7 nitrogen and oxygen atoms in total. The summed E-state index contributed by atoms with van der Waals surface area (Å²) in [5.74, 6) is -1.07. The Bertz CT molecular complexity index is 406. The van der Waals surface area contributed by atoms with Crippen LogP contribution in [0.15, 0.2) is 16.5 Å². The van der Waals surface area contributed by atoms with Crippen molar-refractivity contribution in [1.29, 1.82) is 0 Å². The minimum Gasteiger partial charge on any atom is -0.395 e. The Morgan fingerprint density at radius 2 is 2.41 bits per heavy atom. The van der Waals surface area contributed by atoms with E-state index in [1.54, 1.807) is 0 Å². The van der Waals surface area contributed by atoms with Crippen LogP contribution < -0.4 is 5.32 Å². The van der Waals surface area contributed by atoms with Gasteiger partial charge in [0.05, 0.1) is 18.7 Å². The molecule has 1 rings (SSSR count). The summed E-state index contributed by atoms with van der Waals surface area (Å²) in [6.07, 6.45) is 0. The number of nitrogens with zero attached hydrogens (tertiary/aromatic N) is 1. The van der Waals surface area contributed by atoms with Gasteiger partial charge in [0.2, 0.25) is 0 Å². The third-order valence-electron chi connectivity index (χ3n) is 1.88. The van der Waals surface area contributed by atoms with Crippen molar-refractivity contribution in [3.63, 3.8) is 0 Å². The van der Waals surface area contributed by atoms with Gasteiger partial charge in [-0.15, -0.1) is 0 Å². The molecule has 0 aliphatic rings. The van der Waals surface area contributed by atoms with E-state index in [2.05, 4.69) is 21.2 Å². The minimum absolute atomic E-state index is 0.0984. The molecule has 0 aliphatic heterocycles. The predicted octanol–water partition coefficient (Wildman–Crippen LogP) is 1.33. The Hall–Kier alpha value is -1.41. The monoisotopic (exact) mass is 306 g/mol. The van der Waals surface area contributed by atoms with Gasteiger partial charge in [-0.2, -0.15) is 0 Å². The molecule has 0 fully saturated rings. The largest absolute Gasteiger partial charge is 0.433 e. The quantitative estimate of drug-likeness (QED) is 0.486. The molecule has 8 heteroatoms. The Labute approximate surface area is 105 Å².